The van der Waals surface area contributed by atoms with Crippen LogP contribution in [-0.2, 0) is 19.9 Å². The van der Waals surface area contributed by atoms with Crippen molar-refractivity contribution < 1.29 is 14.3 Å². The van der Waals surface area contributed by atoms with Crippen molar-refractivity contribution >= 4 is 11.9 Å². The van der Waals surface area contributed by atoms with Crippen molar-refractivity contribution in [2.75, 3.05) is 0 Å². The average molecular weight is 395 g/mol. The SMILES string of the molecule is C[C@@H](NC12c3ccccc3C(c3ccccc31)[C@@H]1C(=O)OC(=O)[C@@H]12)c1ccccc1. The third-order valence-electron chi connectivity index (χ3n) is 7.10. The van der Waals surface area contributed by atoms with E-state index >= 15 is 0 Å². The quantitative estimate of drug-likeness (QED) is 0.537. The number of ether oxygens (including phenoxy) is 1. The minimum absolute atomic E-state index is 0.0360. The molecule has 1 saturated heterocycles. The molecular weight excluding hydrogens is 374 g/mol. The molecule has 0 aromatic heterocycles. The fourth-order valence-electron chi connectivity index (χ4n) is 5.99. The number of carbonyl (C=O) groups excluding carboxylic acids is 2. The van der Waals surface area contributed by atoms with Gasteiger partial charge in [-0.25, -0.2) is 0 Å². The van der Waals surface area contributed by atoms with Gasteiger partial charge in [0.2, 0.25) is 0 Å². The Balaban J connectivity index is 1.64. The number of cyclic esters (lactones) is 2. The highest BCUT2D eigenvalue weighted by atomic mass is 16.6. The number of esters is 2. The molecule has 1 heterocycles. The predicted octanol–water partition coefficient (Wildman–Crippen LogP) is 4.06. The molecule has 0 unspecified atom stereocenters. The first kappa shape index (κ1) is 17.6. The minimum Gasteiger partial charge on any atom is -0.393 e. The van der Waals surface area contributed by atoms with Crippen LogP contribution in [0.15, 0.2) is 78.9 Å². The zero-order valence-corrected chi connectivity index (χ0v) is 16.5. The summed E-state index contributed by atoms with van der Waals surface area (Å²) in [6, 6.07) is 26.5. The smallest absolute Gasteiger partial charge is 0.320 e. The third kappa shape index (κ3) is 2.09. The zero-order chi connectivity index (χ0) is 20.5. The lowest BCUT2D eigenvalue weighted by atomic mass is 9.51. The summed E-state index contributed by atoms with van der Waals surface area (Å²) < 4.78 is 5.25. The van der Waals surface area contributed by atoms with E-state index in [0.717, 1.165) is 27.8 Å². The van der Waals surface area contributed by atoms with Gasteiger partial charge in [0.25, 0.3) is 0 Å². The molecule has 7 rings (SSSR count). The van der Waals surface area contributed by atoms with Crippen LogP contribution in [0.25, 0.3) is 0 Å². The first-order chi connectivity index (χ1) is 14.6. The van der Waals surface area contributed by atoms with Crippen molar-refractivity contribution in [3.8, 4) is 0 Å². The Labute approximate surface area is 174 Å². The van der Waals surface area contributed by atoms with Gasteiger partial charge in [-0.05, 0) is 34.7 Å². The lowest BCUT2D eigenvalue weighted by Crippen LogP contribution is -2.61. The number of hydrogen-bond donors (Lipinski definition) is 1. The van der Waals surface area contributed by atoms with E-state index in [-0.39, 0.29) is 12.0 Å². The molecular formula is C26H21NO3. The Morgan fingerprint density at radius 3 is 2.00 bits per heavy atom. The molecule has 0 spiro atoms. The van der Waals surface area contributed by atoms with E-state index in [1.54, 1.807) is 0 Å². The lowest BCUT2D eigenvalue weighted by Gasteiger charge is -2.54. The fraction of sp³-hybridized carbons (Fsp3) is 0.231. The molecule has 1 aliphatic heterocycles. The second-order valence-corrected chi connectivity index (χ2v) is 8.48. The summed E-state index contributed by atoms with van der Waals surface area (Å²) in [7, 11) is 0. The zero-order valence-electron chi connectivity index (χ0n) is 16.5. The first-order valence-corrected chi connectivity index (χ1v) is 10.4. The van der Waals surface area contributed by atoms with Crippen molar-refractivity contribution in [3.63, 3.8) is 0 Å². The van der Waals surface area contributed by atoms with Gasteiger partial charge in [-0.3, -0.25) is 14.9 Å². The minimum atomic E-state index is -0.814. The maximum atomic E-state index is 13.1. The summed E-state index contributed by atoms with van der Waals surface area (Å²) in [6.07, 6.45) is 0. The Bertz CT molecular complexity index is 1140. The molecule has 1 N–H and O–H groups in total. The van der Waals surface area contributed by atoms with E-state index in [0.29, 0.717) is 0 Å². The van der Waals surface area contributed by atoms with Crippen molar-refractivity contribution in [2.24, 2.45) is 11.8 Å². The topological polar surface area (TPSA) is 55.4 Å². The van der Waals surface area contributed by atoms with Gasteiger partial charge in [-0.15, -0.1) is 0 Å². The van der Waals surface area contributed by atoms with Crippen molar-refractivity contribution in [3.05, 3.63) is 107 Å². The van der Waals surface area contributed by atoms with Crippen molar-refractivity contribution in [2.45, 2.75) is 24.4 Å². The second-order valence-electron chi connectivity index (χ2n) is 8.48. The van der Waals surface area contributed by atoms with Crippen LogP contribution in [-0.4, -0.2) is 11.9 Å². The van der Waals surface area contributed by atoms with E-state index in [1.165, 1.54) is 0 Å². The molecule has 3 aromatic rings. The van der Waals surface area contributed by atoms with Gasteiger partial charge in [-0.1, -0.05) is 78.9 Å². The van der Waals surface area contributed by atoms with Crippen LogP contribution < -0.4 is 5.32 Å². The molecule has 1 fully saturated rings. The molecule has 4 heteroatoms. The molecule has 4 nitrogen and oxygen atoms in total. The van der Waals surface area contributed by atoms with Gasteiger partial charge < -0.3 is 4.74 Å². The summed E-state index contributed by atoms with van der Waals surface area (Å²) in [5.41, 5.74) is 4.68. The Kier molecular flexibility index (Phi) is 3.60. The van der Waals surface area contributed by atoms with E-state index < -0.39 is 29.3 Å². The molecule has 3 atom stereocenters. The monoisotopic (exact) mass is 395 g/mol. The van der Waals surface area contributed by atoms with Crippen LogP contribution in [0.3, 0.4) is 0 Å². The van der Waals surface area contributed by atoms with Crippen molar-refractivity contribution in [1.82, 2.24) is 5.32 Å². The third-order valence-corrected chi connectivity index (χ3v) is 7.10. The normalized spacial score (nSPS) is 29.0. The van der Waals surface area contributed by atoms with E-state index in [2.05, 4.69) is 48.6 Å². The van der Waals surface area contributed by atoms with Crippen LogP contribution in [0.2, 0.25) is 0 Å². The van der Waals surface area contributed by atoms with E-state index in [1.807, 2.05) is 42.5 Å². The van der Waals surface area contributed by atoms with Gasteiger partial charge in [-0.2, -0.15) is 0 Å². The summed E-state index contributed by atoms with van der Waals surface area (Å²) in [6.45, 7) is 2.10. The van der Waals surface area contributed by atoms with Gasteiger partial charge in [0, 0.05) is 12.0 Å². The molecule has 0 radical (unpaired) electrons. The Morgan fingerprint density at radius 1 is 0.800 bits per heavy atom. The molecule has 4 aliphatic rings. The maximum absolute atomic E-state index is 13.1. The standard InChI is InChI=1S/C26H21NO3/c1-15(16-9-3-2-4-10-16)27-26-19-13-7-5-11-17(19)21(18-12-6-8-14-20(18)26)22-23(26)25(29)30-24(22)28/h2-15,21-23,27H,1H3/t15-,21?,22+,23-,26?/m1/s1. The largest absolute Gasteiger partial charge is 0.393 e. The summed E-state index contributed by atoms with van der Waals surface area (Å²) >= 11 is 0. The van der Waals surface area contributed by atoms with Crippen LogP contribution >= 0.6 is 0 Å². The Hall–Kier alpha value is -3.24. The van der Waals surface area contributed by atoms with Gasteiger partial charge in [0.1, 0.15) is 0 Å². The van der Waals surface area contributed by atoms with Crippen molar-refractivity contribution in [1.29, 1.82) is 0 Å². The molecule has 3 aliphatic carbocycles. The number of rotatable bonds is 3. The van der Waals surface area contributed by atoms with Gasteiger partial charge in [0.15, 0.2) is 0 Å². The molecule has 0 amide bonds. The van der Waals surface area contributed by atoms with Gasteiger partial charge in [0.05, 0.1) is 17.4 Å². The number of carbonyl (C=O) groups is 2. The van der Waals surface area contributed by atoms with Crippen LogP contribution in [0.4, 0.5) is 0 Å². The fourth-order valence-corrected chi connectivity index (χ4v) is 5.99. The predicted molar refractivity (Wildman–Crippen MR) is 112 cm³/mol. The van der Waals surface area contributed by atoms with E-state index in [4.69, 9.17) is 4.74 Å². The molecule has 0 saturated carbocycles. The maximum Gasteiger partial charge on any atom is 0.320 e. The highest BCUT2D eigenvalue weighted by Gasteiger charge is 2.67. The molecule has 148 valence electrons. The molecule has 2 bridgehead atoms. The summed E-state index contributed by atoms with van der Waals surface area (Å²) in [4.78, 5) is 25.9. The lowest BCUT2D eigenvalue weighted by molar-refractivity contribution is -0.154. The molecule has 3 aromatic carbocycles. The number of benzene rings is 3. The molecule has 30 heavy (non-hydrogen) atoms. The first-order valence-electron chi connectivity index (χ1n) is 10.4. The van der Waals surface area contributed by atoms with E-state index in [9.17, 15) is 9.59 Å². The van der Waals surface area contributed by atoms with Crippen LogP contribution in [0, 0.1) is 11.8 Å². The Morgan fingerprint density at radius 2 is 1.37 bits per heavy atom. The van der Waals surface area contributed by atoms with Crippen LogP contribution in [0.5, 0.6) is 0 Å². The number of nitrogens with one attached hydrogen (secondary N) is 1. The summed E-state index contributed by atoms with van der Waals surface area (Å²) in [5, 5.41) is 3.82. The second kappa shape index (κ2) is 6.13. The number of hydrogen-bond acceptors (Lipinski definition) is 4. The van der Waals surface area contributed by atoms with Crippen LogP contribution in [0.1, 0.15) is 46.7 Å². The van der Waals surface area contributed by atoms with Gasteiger partial charge >= 0.3 is 11.9 Å². The highest BCUT2D eigenvalue weighted by Crippen LogP contribution is 2.63. The average Bonchev–Trinajstić information content (AvgIpc) is 3.10. The summed E-state index contributed by atoms with van der Waals surface area (Å²) in [5.74, 6) is -2.06. The highest BCUT2D eigenvalue weighted by molar-refractivity contribution is 6.00.